The van der Waals surface area contributed by atoms with E-state index in [2.05, 4.69) is 16.8 Å². The van der Waals surface area contributed by atoms with Crippen molar-refractivity contribution in [3.8, 4) is 0 Å². The van der Waals surface area contributed by atoms with Crippen LogP contribution in [0.1, 0.15) is 23.1 Å². The highest BCUT2D eigenvalue weighted by molar-refractivity contribution is 5.91. The van der Waals surface area contributed by atoms with Gasteiger partial charge in [0.2, 0.25) is 5.91 Å². The second kappa shape index (κ2) is 6.37. The third-order valence-electron chi connectivity index (χ3n) is 4.30. The third-order valence-corrected chi connectivity index (χ3v) is 4.30. The molecular formula is C16H21N5O2. The molecular weight excluding hydrogens is 294 g/mol. The minimum absolute atomic E-state index is 0.0739. The van der Waals surface area contributed by atoms with Gasteiger partial charge in [-0.25, -0.2) is 4.98 Å². The smallest absolute Gasteiger partial charge is 0.265 e. The van der Waals surface area contributed by atoms with Crippen LogP contribution < -0.4 is 5.73 Å². The molecule has 2 amide bonds. The van der Waals surface area contributed by atoms with Crippen LogP contribution in [0.2, 0.25) is 0 Å². The van der Waals surface area contributed by atoms with Gasteiger partial charge in [0.15, 0.2) is 0 Å². The fourth-order valence-electron chi connectivity index (χ4n) is 2.93. The number of amides is 2. The molecule has 0 unspecified atom stereocenters. The van der Waals surface area contributed by atoms with E-state index >= 15 is 0 Å². The SMILES string of the molecule is CCN1CCN(C(=O)Cc2cn3c(C(N)=O)cccc3n2)CC1. The summed E-state index contributed by atoms with van der Waals surface area (Å²) in [6.07, 6.45) is 1.96. The molecule has 7 heteroatoms. The molecule has 2 N–H and O–H groups in total. The first kappa shape index (κ1) is 15.5. The van der Waals surface area contributed by atoms with Crippen molar-refractivity contribution < 1.29 is 9.59 Å². The number of rotatable bonds is 4. The monoisotopic (exact) mass is 315 g/mol. The third kappa shape index (κ3) is 3.19. The molecule has 23 heavy (non-hydrogen) atoms. The van der Waals surface area contributed by atoms with Crippen LogP contribution in [0.25, 0.3) is 5.65 Å². The van der Waals surface area contributed by atoms with Crippen molar-refractivity contribution in [1.82, 2.24) is 19.2 Å². The van der Waals surface area contributed by atoms with E-state index in [0.717, 1.165) is 32.7 Å². The van der Waals surface area contributed by atoms with Crippen molar-refractivity contribution in [2.24, 2.45) is 5.73 Å². The molecule has 3 heterocycles. The minimum Gasteiger partial charge on any atom is -0.364 e. The highest BCUT2D eigenvalue weighted by atomic mass is 16.2. The number of likely N-dealkylation sites (N-methyl/N-ethyl adjacent to an activating group) is 1. The van der Waals surface area contributed by atoms with Crippen molar-refractivity contribution >= 4 is 17.5 Å². The van der Waals surface area contributed by atoms with E-state index in [-0.39, 0.29) is 12.3 Å². The molecule has 0 aromatic carbocycles. The second-order valence-electron chi connectivity index (χ2n) is 5.73. The summed E-state index contributed by atoms with van der Waals surface area (Å²) >= 11 is 0. The maximum atomic E-state index is 12.4. The van der Waals surface area contributed by atoms with E-state index in [4.69, 9.17) is 5.73 Å². The van der Waals surface area contributed by atoms with E-state index in [1.54, 1.807) is 28.8 Å². The van der Waals surface area contributed by atoms with E-state index in [9.17, 15) is 9.59 Å². The normalized spacial score (nSPS) is 16.0. The van der Waals surface area contributed by atoms with Crippen LogP contribution in [-0.4, -0.2) is 63.7 Å². The first-order chi connectivity index (χ1) is 11.1. The van der Waals surface area contributed by atoms with Crippen molar-refractivity contribution in [3.63, 3.8) is 0 Å². The second-order valence-corrected chi connectivity index (χ2v) is 5.73. The Morgan fingerprint density at radius 2 is 1.96 bits per heavy atom. The molecule has 0 bridgehead atoms. The number of carbonyl (C=O) groups is 2. The Morgan fingerprint density at radius 3 is 2.61 bits per heavy atom. The minimum atomic E-state index is -0.512. The van der Waals surface area contributed by atoms with Crippen molar-refractivity contribution in [2.45, 2.75) is 13.3 Å². The van der Waals surface area contributed by atoms with Gasteiger partial charge >= 0.3 is 0 Å². The molecule has 0 spiro atoms. The fourth-order valence-corrected chi connectivity index (χ4v) is 2.93. The lowest BCUT2D eigenvalue weighted by atomic mass is 10.2. The number of imidazole rings is 1. The van der Waals surface area contributed by atoms with E-state index in [1.165, 1.54) is 0 Å². The van der Waals surface area contributed by atoms with E-state index < -0.39 is 5.91 Å². The van der Waals surface area contributed by atoms with Gasteiger partial charge in [0.25, 0.3) is 5.91 Å². The Balaban J connectivity index is 1.73. The molecule has 0 aliphatic carbocycles. The summed E-state index contributed by atoms with van der Waals surface area (Å²) in [5.74, 6) is -0.439. The number of hydrogen-bond acceptors (Lipinski definition) is 4. The summed E-state index contributed by atoms with van der Waals surface area (Å²) in [6, 6.07) is 5.17. The van der Waals surface area contributed by atoms with Crippen LogP contribution >= 0.6 is 0 Å². The summed E-state index contributed by atoms with van der Waals surface area (Å²) in [5, 5.41) is 0. The van der Waals surface area contributed by atoms with Gasteiger partial charge in [-0.05, 0) is 18.7 Å². The summed E-state index contributed by atoms with van der Waals surface area (Å²) in [5.41, 5.74) is 7.01. The van der Waals surface area contributed by atoms with Crippen LogP contribution in [0.5, 0.6) is 0 Å². The van der Waals surface area contributed by atoms with Gasteiger partial charge < -0.3 is 15.5 Å². The van der Waals surface area contributed by atoms with Gasteiger partial charge in [0, 0.05) is 32.4 Å². The number of nitrogens with two attached hydrogens (primary N) is 1. The largest absolute Gasteiger partial charge is 0.364 e. The van der Waals surface area contributed by atoms with E-state index in [1.807, 2.05) is 4.90 Å². The molecule has 1 saturated heterocycles. The van der Waals surface area contributed by atoms with Crippen LogP contribution in [0, 0.1) is 0 Å². The highest BCUT2D eigenvalue weighted by Crippen LogP contribution is 2.11. The molecule has 0 radical (unpaired) electrons. The quantitative estimate of drug-likeness (QED) is 0.870. The van der Waals surface area contributed by atoms with Gasteiger partial charge in [0.05, 0.1) is 12.1 Å². The Hall–Kier alpha value is -2.41. The van der Waals surface area contributed by atoms with Crippen molar-refractivity contribution in [3.05, 3.63) is 35.8 Å². The predicted octanol–water partition coefficient (Wildman–Crippen LogP) is 0.140. The molecule has 0 saturated carbocycles. The Labute approximate surface area is 134 Å². The first-order valence-electron chi connectivity index (χ1n) is 7.85. The standard InChI is InChI=1S/C16H21N5O2/c1-2-19-6-8-20(9-7-19)15(22)10-12-11-21-13(16(17)23)4-3-5-14(21)18-12/h3-5,11H,2,6-10H2,1H3,(H2,17,23). The number of aromatic nitrogens is 2. The number of carbonyl (C=O) groups excluding carboxylic acids is 2. The zero-order valence-corrected chi connectivity index (χ0v) is 13.2. The van der Waals surface area contributed by atoms with Gasteiger partial charge in [-0.1, -0.05) is 13.0 Å². The molecule has 1 aliphatic rings. The number of fused-ring (bicyclic) bond motifs is 1. The average Bonchev–Trinajstić information content (AvgIpc) is 2.96. The van der Waals surface area contributed by atoms with Gasteiger partial charge in [-0.3, -0.25) is 14.0 Å². The number of pyridine rings is 1. The van der Waals surface area contributed by atoms with Crippen LogP contribution in [0.15, 0.2) is 24.4 Å². The van der Waals surface area contributed by atoms with Crippen LogP contribution in [0.4, 0.5) is 0 Å². The van der Waals surface area contributed by atoms with Crippen LogP contribution in [0.3, 0.4) is 0 Å². The zero-order valence-electron chi connectivity index (χ0n) is 13.2. The van der Waals surface area contributed by atoms with Crippen molar-refractivity contribution in [1.29, 1.82) is 0 Å². The predicted molar refractivity (Wildman–Crippen MR) is 86.1 cm³/mol. The lowest BCUT2D eigenvalue weighted by Gasteiger charge is -2.34. The van der Waals surface area contributed by atoms with Gasteiger partial charge in [-0.15, -0.1) is 0 Å². The molecule has 122 valence electrons. The first-order valence-corrected chi connectivity index (χ1v) is 7.85. The number of primary amides is 1. The molecule has 2 aromatic rings. The molecule has 3 rings (SSSR count). The zero-order chi connectivity index (χ0) is 16.4. The van der Waals surface area contributed by atoms with Crippen LogP contribution in [-0.2, 0) is 11.2 Å². The Morgan fingerprint density at radius 1 is 1.22 bits per heavy atom. The molecule has 0 atom stereocenters. The summed E-state index contributed by atoms with van der Waals surface area (Å²) in [4.78, 5) is 32.5. The number of nitrogens with zero attached hydrogens (tertiary/aromatic N) is 4. The maximum absolute atomic E-state index is 12.4. The topological polar surface area (TPSA) is 83.9 Å². The number of piperazine rings is 1. The molecule has 1 aliphatic heterocycles. The lowest BCUT2D eigenvalue weighted by molar-refractivity contribution is -0.132. The average molecular weight is 315 g/mol. The van der Waals surface area contributed by atoms with E-state index in [0.29, 0.717) is 17.0 Å². The Kier molecular flexibility index (Phi) is 4.29. The van der Waals surface area contributed by atoms with Crippen molar-refractivity contribution in [2.75, 3.05) is 32.7 Å². The molecule has 7 nitrogen and oxygen atoms in total. The fraction of sp³-hybridized carbons (Fsp3) is 0.438. The summed E-state index contributed by atoms with van der Waals surface area (Å²) in [6.45, 7) is 6.49. The summed E-state index contributed by atoms with van der Waals surface area (Å²) < 4.78 is 1.64. The highest BCUT2D eigenvalue weighted by Gasteiger charge is 2.21. The summed E-state index contributed by atoms with van der Waals surface area (Å²) in [7, 11) is 0. The van der Waals surface area contributed by atoms with Gasteiger partial charge in [-0.2, -0.15) is 0 Å². The molecule has 2 aromatic heterocycles. The lowest BCUT2D eigenvalue weighted by Crippen LogP contribution is -2.48. The maximum Gasteiger partial charge on any atom is 0.265 e. The molecule has 1 fully saturated rings. The van der Waals surface area contributed by atoms with Gasteiger partial charge in [0.1, 0.15) is 11.3 Å². The number of hydrogen-bond donors (Lipinski definition) is 1. The Bertz CT molecular complexity index is 731.